The number of aromatic nitrogens is 4. The van der Waals surface area contributed by atoms with Crippen molar-refractivity contribution >= 4 is 17.5 Å². The third-order valence-corrected chi connectivity index (χ3v) is 4.11. The Morgan fingerprint density at radius 2 is 1.50 bits per heavy atom. The van der Waals surface area contributed by atoms with Crippen molar-refractivity contribution in [3.05, 3.63) is 52.1 Å². The molecule has 0 bridgehead atoms. The molecule has 3 aromatic rings. The van der Waals surface area contributed by atoms with Gasteiger partial charge in [-0.3, -0.25) is 0 Å². The lowest BCUT2D eigenvalue weighted by atomic mass is 10.2. The van der Waals surface area contributed by atoms with Gasteiger partial charge >= 0.3 is 0 Å². The molecule has 0 saturated carbocycles. The highest BCUT2D eigenvalue weighted by atomic mass is 32.2. The summed E-state index contributed by atoms with van der Waals surface area (Å²) in [5.74, 6) is -10.1. The molecule has 0 aliphatic heterocycles. The van der Waals surface area contributed by atoms with E-state index in [0.717, 1.165) is 17.5 Å². The van der Waals surface area contributed by atoms with E-state index in [2.05, 4.69) is 15.1 Å². The number of aryl methyl sites for hydroxylation is 2. The van der Waals surface area contributed by atoms with Crippen LogP contribution in [0.3, 0.4) is 0 Å². The van der Waals surface area contributed by atoms with Crippen LogP contribution >= 0.6 is 11.8 Å². The van der Waals surface area contributed by atoms with Crippen LogP contribution in [-0.2, 0) is 5.75 Å². The van der Waals surface area contributed by atoms with Crippen molar-refractivity contribution in [2.75, 3.05) is 0 Å². The van der Waals surface area contributed by atoms with Crippen LogP contribution in [0.15, 0.2) is 11.2 Å². The summed E-state index contributed by atoms with van der Waals surface area (Å²) in [7, 11) is 0. The normalized spacial score (nSPS) is 11.5. The summed E-state index contributed by atoms with van der Waals surface area (Å²) in [5.41, 5.74) is 0.535. The third-order valence-electron chi connectivity index (χ3n) is 3.25. The van der Waals surface area contributed by atoms with Crippen LogP contribution in [0.1, 0.15) is 17.0 Å². The number of halogens is 5. The predicted molar refractivity (Wildman–Crippen MR) is 76.0 cm³/mol. The summed E-state index contributed by atoms with van der Waals surface area (Å²) < 4.78 is 68.1. The molecular weight excluding hydrogens is 351 g/mol. The zero-order chi connectivity index (χ0) is 17.6. The highest BCUT2D eigenvalue weighted by molar-refractivity contribution is 7.98. The van der Waals surface area contributed by atoms with Crippen LogP contribution in [0.2, 0.25) is 0 Å². The second-order valence-electron chi connectivity index (χ2n) is 4.98. The van der Waals surface area contributed by atoms with E-state index in [4.69, 9.17) is 0 Å². The van der Waals surface area contributed by atoms with Gasteiger partial charge in [0.15, 0.2) is 23.3 Å². The third kappa shape index (κ3) is 2.70. The molecule has 0 aliphatic carbocycles. The monoisotopic (exact) mass is 360 g/mol. The Labute approximate surface area is 136 Å². The molecule has 0 fully saturated rings. The summed E-state index contributed by atoms with van der Waals surface area (Å²) >= 11 is 0.747. The van der Waals surface area contributed by atoms with Crippen molar-refractivity contribution in [1.82, 2.24) is 19.6 Å². The summed E-state index contributed by atoms with van der Waals surface area (Å²) in [5, 5.41) is 4.20. The molecule has 0 N–H and O–H groups in total. The van der Waals surface area contributed by atoms with E-state index in [0.29, 0.717) is 5.69 Å². The fourth-order valence-corrected chi connectivity index (χ4v) is 2.94. The number of hydrogen-bond acceptors (Lipinski definition) is 4. The van der Waals surface area contributed by atoms with Crippen molar-refractivity contribution in [2.45, 2.75) is 24.8 Å². The van der Waals surface area contributed by atoms with Crippen LogP contribution < -0.4 is 0 Å². The Morgan fingerprint density at radius 3 is 2.12 bits per heavy atom. The zero-order valence-corrected chi connectivity index (χ0v) is 13.2. The van der Waals surface area contributed by atoms with E-state index < -0.39 is 40.4 Å². The van der Waals surface area contributed by atoms with Crippen molar-refractivity contribution in [3.63, 3.8) is 0 Å². The maximum atomic E-state index is 13.6. The van der Waals surface area contributed by atoms with Gasteiger partial charge in [-0.15, -0.1) is 5.10 Å². The van der Waals surface area contributed by atoms with Gasteiger partial charge in [-0.1, -0.05) is 11.8 Å². The van der Waals surface area contributed by atoms with Gasteiger partial charge in [0.1, 0.15) is 0 Å². The minimum atomic E-state index is -2.18. The second kappa shape index (κ2) is 6.00. The van der Waals surface area contributed by atoms with Gasteiger partial charge < -0.3 is 0 Å². The summed E-state index contributed by atoms with van der Waals surface area (Å²) in [6, 6.07) is 1.76. The van der Waals surface area contributed by atoms with Crippen LogP contribution in [-0.4, -0.2) is 19.6 Å². The first kappa shape index (κ1) is 16.6. The largest absolute Gasteiger partial charge is 0.253 e. The van der Waals surface area contributed by atoms with Crippen molar-refractivity contribution in [3.8, 4) is 0 Å². The van der Waals surface area contributed by atoms with Crippen LogP contribution in [0.5, 0.6) is 0 Å². The maximum Gasteiger partial charge on any atom is 0.253 e. The smallest absolute Gasteiger partial charge is 0.216 e. The highest BCUT2D eigenvalue weighted by Gasteiger charge is 2.25. The highest BCUT2D eigenvalue weighted by Crippen LogP contribution is 2.28. The van der Waals surface area contributed by atoms with Crippen molar-refractivity contribution < 1.29 is 22.0 Å². The fraction of sp³-hybridized carbons (Fsp3) is 0.214. The van der Waals surface area contributed by atoms with Crippen LogP contribution in [0.25, 0.3) is 5.78 Å². The second-order valence-corrected chi connectivity index (χ2v) is 5.92. The first-order valence-corrected chi connectivity index (χ1v) is 7.62. The minimum Gasteiger partial charge on any atom is -0.216 e. The van der Waals surface area contributed by atoms with Crippen molar-refractivity contribution in [1.29, 1.82) is 0 Å². The Kier molecular flexibility index (Phi) is 4.16. The van der Waals surface area contributed by atoms with Gasteiger partial charge in [-0.25, -0.2) is 31.5 Å². The molecule has 3 rings (SSSR count). The molecule has 0 saturated heterocycles. The molecule has 1 aromatic carbocycles. The van der Waals surface area contributed by atoms with Gasteiger partial charge in [0.2, 0.25) is 11.0 Å². The molecule has 4 nitrogen and oxygen atoms in total. The molecule has 10 heteroatoms. The quantitative estimate of drug-likeness (QED) is 0.309. The lowest BCUT2D eigenvalue weighted by Gasteiger charge is -2.06. The SMILES string of the molecule is Cc1cc(C)n2nc(SCc3c(F)c(F)c(F)c(F)c3F)nc2n1. The van der Waals surface area contributed by atoms with Crippen molar-refractivity contribution in [2.24, 2.45) is 0 Å². The molecule has 0 amide bonds. The van der Waals surface area contributed by atoms with E-state index in [9.17, 15) is 22.0 Å². The Hall–Kier alpha value is -2.23. The Morgan fingerprint density at radius 1 is 0.917 bits per heavy atom. The van der Waals surface area contributed by atoms with Crippen LogP contribution in [0.4, 0.5) is 22.0 Å². The first-order chi connectivity index (χ1) is 11.3. The van der Waals surface area contributed by atoms with E-state index in [1.165, 1.54) is 4.52 Å². The summed E-state index contributed by atoms with van der Waals surface area (Å²) in [6.45, 7) is 3.54. The molecule has 0 radical (unpaired) electrons. The van der Waals surface area contributed by atoms with E-state index >= 15 is 0 Å². The molecule has 2 heterocycles. The predicted octanol–water partition coefficient (Wildman–Crippen LogP) is 3.73. The lowest BCUT2D eigenvalue weighted by Crippen LogP contribution is -2.06. The molecule has 2 aromatic heterocycles. The number of hydrogen-bond donors (Lipinski definition) is 0. The molecule has 0 aliphatic rings. The van der Waals surface area contributed by atoms with Gasteiger partial charge in [-0.05, 0) is 19.9 Å². The average molecular weight is 360 g/mol. The number of benzene rings is 1. The summed E-state index contributed by atoms with van der Waals surface area (Å²) in [6.07, 6.45) is 0. The number of thioether (sulfide) groups is 1. The van der Waals surface area contributed by atoms with E-state index in [1.807, 2.05) is 0 Å². The van der Waals surface area contributed by atoms with Crippen LogP contribution in [0, 0.1) is 42.9 Å². The number of fused-ring (bicyclic) bond motifs is 1. The molecule has 0 spiro atoms. The average Bonchev–Trinajstić information content (AvgIpc) is 2.94. The molecule has 0 atom stereocenters. The fourth-order valence-electron chi connectivity index (χ4n) is 2.12. The van der Waals surface area contributed by atoms with Gasteiger partial charge in [0.25, 0.3) is 5.78 Å². The Bertz CT molecular complexity index is 927. The van der Waals surface area contributed by atoms with E-state index in [1.54, 1.807) is 19.9 Å². The molecule has 0 unspecified atom stereocenters. The molecule has 126 valence electrons. The van der Waals surface area contributed by atoms with E-state index in [-0.39, 0.29) is 10.9 Å². The van der Waals surface area contributed by atoms with Gasteiger partial charge in [-0.2, -0.15) is 4.98 Å². The first-order valence-electron chi connectivity index (χ1n) is 6.63. The number of nitrogens with zero attached hydrogens (tertiary/aromatic N) is 4. The summed E-state index contributed by atoms with van der Waals surface area (Å²) in [4.78, 5) is 8.21. The molecule has 24 heavy (non-hydrogen) atoms. The number of rotatable bonds is 3. The van der Waals surface area contributed by atoms with Gasteiger partial charge in [0.05, 0.1) is 0 Å². The minimum absolute atomic E-state index is 0.111. The van der Waals surface area contributed by atoms with Gasteiger partial charge in [0, 0.05) is 22.7 Å². The maximum absolute atomic E-state index is 13.6. The topological polar surface area (TPSA) is 43.1 Å². The Balaban J connectivity index is 1.93. The zero-order valence-electron chi connectivity index (χ0n) is 12.4. The standard InChI is InChI=1S/C14H9F5N4S/c1-5-3-6(2)23-13(20-5)21-14(22-23)24-4-7-8(15)10(17)12(19)11(18)9(7)16/h3H,4H2,1-2H3. The molecular formula is C14H9F5N4S. The lowest BCUT2D eigenvalue weighted by molar-refractivity contribution is 0.372.